The van der Waals surface area contributed by atoms with Gasteiger partial charge in [0.15, 0.2) is 9.84 Å². The Bertz CT molecular complexity index is 1200. The van der Waals surface area contributed by atoms with E-state index in [-0.39, 0.29) is 16.6 Å². The average molecular weight is 426 g/mol. The Hall–Kier alpha value is -3.13. The van der Waals surface area contributed by atoms with Crippen LogP contribution in [0, 0.1) is 0 Å². The molecule has 1 aliphatic rings. The van der Waals surface area contributed by atoms with E-state index < -0.39 is 15.1 Å². The van der Waals surface area contributed by atoms with Gasteiger partial charge in [0.1, 0.15) is 17.2 Å². The molecule has 0 aliphatic carbocycles. The van der Waals surface area contributed by atoms with Crippen LogP contribution in [-0.2, 0) is 9.84 Å². The number of pyridine rings is 1. The van der Waals surface area contributed by atoms with Crippen LogP contribution >= 0.6 is 0 Å². The smallest absolute Gasteiger partial charge is 0.272 e. The van der Waals surface area contributed by atoms with E-state index in [0.717, 1.165) is 11.1 Å². The molecule has 8 heteroatoms. The zero-order chi connectivity index (χ0) is 21.3. The number of nitrogens with zero attached hydrogens (tertiary/aromatic N) is 2. The van der Waals surface area contributed by atoms with Crippen molar-refractivity contribution in [2.45, 2.75) is 23.0 Å². The summed E-state index contributed by atoms with van der Waals surface area (Å²) < 4.78 is 30.9. The quantitative estimate of drug-likeness (QED) is 0.689. The number of benzene rings is 2. The lowest BCUT2D eigenvalue weighted by atomic mass is 10.1. The third kappa shape index (κ3) is 3.82. The van der Waals surface area contributed by atoms with Gasteiger partial charge in [0, 0.05) is 18.5 Å². The number of likely N-dealkylation sites (tertiary alicyclic amines) is 1. The third-order valence-corrected chi connectivity index (χ3v) is 7.69. The lowest BCUT2D eigenvalue weighted by Gasteiger charge is -2.31. The Morgan fingerprint density at radius 1 is 1.10 bits per heavy atom. The molecule has 2 heterocycles. The Labute approximate surface area is 174 Å². The first-order chi connectivity index (χ1) is 14.4. The number of aromatic nitrogens is 1. The van der Waals surface area contributed by atoms with E-state index in [1.54, 1.807) is 30.2 Å². The number of methoxy groups -OCH3 is 1. The average Bonchev–Trinajstić information content (AvgIpc) is 2.78. The Morgan fingerprint density at radius 3 is 2.57 bits per heavy atom. The Morgan fingerprint density at radius 2 is 1.87 bits per heavy atom. The second-order valence-electron chi connectivity index (χ2n) is 7.29. The molecule has 1 amide bonds. The molecular formula is C22H22N2O5S. The van der Waals surface area contributed by atoms with Gasteiger partial charge in [0.05, 0.1) is 22.8 Å². The van der Waals surface area contributed by atoms with Crippen LogP contribution in [0.3, 0.4) is 0 Å². The highest BCUT2D eigenvalue weighted by Crippen LogP contribution is 2.27. The number of sulfone groups is 1. The Kier molecular flexibility index (Phi) is 5.34. The zero-order valence-corrected chi connectivity index (χ0v) is 17.3. The second kappa shape index (κ2) is 7.95. The summed E-state index contributed by atoms with van der Waals surface area (Å²) in [4.78, 5) is 19.1. The van der Waals surface area contributed by atoms with Gasteiger partial charge < -0.3 is 14.7 Å². The number of fused-ring (bicyclic) bond motifs is 1. The van der Waals surface area contributed by atoms with Gasteiger partial charge in [-0.1, -0.05) is 12.1 Å². The molecule has 2 aromatic carbocycles. The van der Waals surface area contributed by atoms with Crippen LogP contribution in [0.4, 0.5) is 0 Å². The molecule has 1 aromatic heterocycles. The van der Waals surface area contributed by atoms with Gasteiger partial charge in [-0.05, 0) is 55.3 Å². The summed E-state index contributed by atoms with van der Waals surface area (Å²) >= 11 is 0. The minimum absolute atomic E-state index is 0.0799. The molecule has 30 heavy (non-hydrogen) atoms. The molecule has 156 valence electrons. The van der Waals surface area contributed by atoms with Crippen LogP contribution in [0.15, 0.2) is 59.5 Å². The minimum Gasteiger partial charge on any atom is -0.508 e. The molecule has 1 N–H and O–H groups in total. The minimum atomic E-state index is -3.56. The number of aromatic hydroxyl groups is 1. The molecule has 0 bridgehead atoms. The summed E-state index contributed by atoms with van der Waals surface area (Å²) in [6.45, 7) is 0.674. The molecule has 0 saturated carbocycles. The predicted octanol–water partition coefficient (Wildman–Crippen LogP) is 3.03. The number of hydrogen-bond acceptors (Lipinski definition) is 6. The number of phenols is 1. The lowest BCUT2D eigenvalue weighted by molar-refractivity contribution is 0.0720. The number of ether oxygens (including phenoxy) is 1. The van der Waals surface area contributed by atoms with E-state index >= 15 is 0 Å². The fourth-order valence-electron chi connectivity index (χ4n) is 3.73. The summed E-state index contributed by atoms with van der Waals surface area (Å²) in [6, 6.07) is 14.7. The first-order valence-corrected chi connectivity index (χ1v) is 11.2. The van der Waals surface area contributed by atoms with Crippen molar-refractivity contribution in [3.05, 3.63) is 60.3 Å². The normalized spacial score (nSPS) is 15.3. The number of hydrogen-bond donors (Lipinski definition) is 1. The van der Waals surface area contributed by atoms with Gasteiger partial charge in [-0.3, -0.25) is 4.79 Å². The van der Waals surface area contributed by atoms with Gasteiger partial charge in [0.2, 0.25) is 0 Å². The Balaban J connectivity index is 1.47. The molecule has 0 unspecified atom stereocenters. The van der Waals surface area contributed by atoms with Crippen LogP contribution in [0.25, 0.3) is 10.9 Å². The van der Waals surface area contributed by atoms with E-state index in [1.165, 1.54) is 24.3 Å². The number of piperidine rings is 1. The maximum absolute atomic E-state index is 12.9. The van der Waals surface area contributed by atoms with Crippen molar-refractivity contribution in [2.75, 3.05) is 20.2 Å². The maximum Gasteiger partial charge on any atom is 0.272 e. The molecular weight excluding hydrogens is 404 g/mol. The van der Waals surface area contributed by atoms with Crippen molar-refractivity contribution in [1.29, 1.82) is 0 Å². The maximum atomic E-state index is 12.9. The SMILES string of the molecule is COc1ccc2nc(C(=O)N3CCC(S(=O)(=O)c4cccc(O)c4)CC3)ccc2c1. The van der Waals surface area contributed by atoms with Crippen LogP contribution in [0.2, 0.25) is 0 Å². The lowest BCUT2D eigenvalue weighted by Crippen LogP contribution is -2.42. The molecule has 1 saturated heterocycles. The number of amides is 1. The van der Waals surface area contributed by atoms with E-state index in [9.17, 15) is 18.3 Å². The standard InChI is InChI=1S/C22H22N2O5S/c1-29-17-6-8-20-15(13-17)5-7-21(23-20)22(26)24-11-9-18(10-12-24)30(27,28)19-4-2-3-16(25)14-19/h2-8,13-14,18,25H,9-12H2,1H3. The summed E-state index contributed by atoms with van der Waals surface area (Å²) in [6.07, 6.45) is 0.684. The fraction of sp³-hybridized carbons (Fsp3) is 0.273. The van der Waals surface area contributed by atoms with Crippen molar-refractivity contribution >= 4 is 26.6 Å². The van der Waals surface area contributed by atoms with E-state index in [1.807, 2.05) is 12.1 Å². The largest absolute Gasteiger partial charge is 0.508 e. The van der Waals surface area contributed by atoms with Crippen LogP contribution < -0.4 is 4.74 Å². The first-order valence-electron chi connectivity index (χ1n) is 9.65. The topological polar surface area (TPSA) is 96.8 Å². The number of phenolic OH excluding ortho intramolecular Hbond substituents is 1. The summed E-state index contributed by atoms with van der Waals surface area (Å²) in [5.74, 6) is 0.433. The van der Waals surface area contributed by atoms with Crippen molar-refractivity contribution < 1.29 is 23.1 Å². The number of rotatable bonds is 4. The highest BCUT2D eigenvalue weighted by Gasteiger charge is 2.33. The van der Waals surface area contributed by atoms with Crippen LogP contribution in [0.5, 0.6) is 11.5 Å². The summed E-state index contributed by atoms with van der Waals surface area (Å²) in [7, 11) is -1.97. The summed E-state index contributed by atoms with van der Waals surface area (Å²) in [5, 5.41) is 9.88. The molecule has 1 fully saturated rings. The molecule has 7 nitrogen and oxygen atoms in total. The van der Waals surface area contributed by atoms with Crippen molar-refractivity contribution in [1.82, 2.24) is 9.88 Å². The molecule has 0 spiro atoms. The zero-order valence-electron chi connectivity index (χ0n) is 16.5. The molecule has 1 aliphatic heterocycles. The van der Waals surface area contributed by atoms with Crippen LogP contribution in [0.1, 0.15) is 23.3 Å². The predicted molar refractivity (Wildman–Crippen MR) is 113 cm³/mol. The van der Waals surface area contributed by atoms with Gasteiger partial charge in [0.25, 0.3) is 5.91 Å². The number of carbonyl (C=O) groups is 1. The summed E-state index contributed by atoms with van der Waals surface area (Å²) in [5.41, 5.74) is 1.03. The fourth-order valence-corrected chi connectivity index (χ4v) is 5.50. The van der Waals surface area contributed by atoms with Gasteiger partial charge in [-0.2, -0.15) is 0 Å². The highest BCUT2D eigenvalue weighted by molar-refractivity contribution is 7.92. The van der Waals surface area contributed by atoms with Gasteiger partial charge in [-0.15, -0.1) is 0 Å². The number of carbonyl (C=O) groups excluding carboxylic acids is 1. The molecule has 0 radical (unpaired) electrons. The van der Waals surface area contributed by atoms with E-state index in [0.29, 0.717) is 37.1 Å². The molecule has 3 aromatic rings. The van der Waals surface area contributed by atoms with E-state index in [4.69, 9.17) is 4.74 Å². The van der Waals surface area contributed by atoms with Gasteiger partial charge in [-0.25, -0.2) is 13.4 Å². The van der Waals surface area contributed by atoms with Crippen molar-refractivity contribution in [3.63, 3.8) is 0 Å². The van der Waals surface area contributed by atoms with E-state index in [2.05, 4.69) is 4.98 Å². The van der Waals surface area contributed by atoms with Crippen molar-refractivity contribution in [2.24, 2.45) is 0 Å². The second-order valence-corrected chi connectivity index (χ2v) is 9.52. The van der Waals surface area contributed by atoms with Crippen LogP contribution in [-0.4, -0.2) is 54.8 Å². The molecule has 0 atom stereocenters. The third-order valence-electron chi connectivity index (χ3n) is 5.43. The van der Waals surface area contributed by atoms with Crippen molar-refractivity contribution in [3.8, 4) is 11.5 Å². The first kappa shape index (κ1) is 20.2. The molecule has 4 rings (SSSR count). The monoisotopic (exact) mass is 426 g/mol. The highest BCUT2D eigenvalue weighted by atomic mass is 32.2. The van der Waals surface area contributed by atoms with Gasteiger partial charge >= 0.3 is 0 Å².